The molecule has 0 bridgehead atoms. The minimum atomic E-state index is 0.856. The Kier molecular flexibility index (Phi) is 2.26. The van der Waals surface area contributed by atoms with Gasteiger partial charge < -0.3 is 4.98 Å². The van der Waals surface area contributed by atoms with Crippen molar-refractivity contribution in [1.29, 1.82) is 0 Å². The molecule has 0 amide bonds. The highest BCUT2D eigenvalue weighted by atomic mass is 32.1. The van der Waals surface area contributed by atoms with Crippen molar-refractivity contribution >= 4 is 22.4 Å². The molecular weight excluding hydrogens is 230 g/mol. The van der Waals surface area contributed by atoms with E-state index in [1.165, 1.54) is 11.1 Å². The number of hydrogen-bond acceptors (Lipinski definition) is 3. The van der Waals surface area contributed by atoms with Crippen molar-refractivity contribution in [1.82, 2.24) is 15.0 Å². The lowest BCUT2D eigenvalue weighted by Gasteiger charge is -1.97. The highest BCUT2D eigenvalue weighted by molar-refractivity contribution is 7.09. The van der Waals surface area contributed by atoms with Gasteiger partial charge in [0.1, 0.15) is 5.69 Å². The molecule has 0 aliphatic rings. The minimum Gasteiger partial charge on any atom is -0.337 e. The number of aromatic nitrogens is 3. The van der Waals surface area contributed by atoms with E-state index in [1.54, 1.807) is 11.3 Å². The number of thiazole rings is 1. The normalized spacial score (nSPS) is 11.2. The van der Waals surface area contributed by atoms with Crippen LogP contribution in [0.4, 0.5) is 0 Å². The highest BCUT2D eigenvalue weighted by Crippen LogP contribution is 2.23. The van der Waals surface area contributed by atoms with Crippen LogP contribution in [-0.4, -0.2) is 15.0 Å². The molecule has 3 aromatic rings. The number of H-pyrrole nitrogens is 1. The molecule has 0 saturated heterocycles. The largest absolute Gasteiger partial charge is 0.337 e. The van der Waals surface area contributed by atoms with Gasteiger partial charge in [0, 0.05) is 5.38 Å². The van der Waals surface area contributed by atoms with E-state index in [0.29, 0.717) is 0 Å². The summed E-state index contributed by atoms with van der Waals surface area (Å²) >= 11 is 1.64. The van der Waals surface area contributed by atoms with E-state index in [4.69, 9.17) is 0 Å². The molecule has 2 heterocycles. The van der Waals surface area contributed by atoms with Crippen molar-refractivity contribution in [2.75, 3.05) is 0 Å². The van der Waals surface area contributed by atoms with E-state index in [0.717, 1.165) is 27.6 Å². The fraction of sp³-hybridized carbons (Fsp3) is 0.231. The molecule has 1 aromatic carbocycles. The molecule has 0 atom stereocenters. The molecule has 0 aliphatic carbocycles. The van der Waals surface area contributed by atoms with E-state index < -0.39 is 0 Å². The van der Waals surface area contributed by atoms with Crippen LogP contribution in [-0.2, 0) is 0 Å². The fourth-order valence-corrected chi connectivity index (χ4v) is 2.46. The van der Waals surface area contributed by atoms with Crippen molar-refractivity contribution in [2.24, 2.45) is 0 Å². The van der Waals surface area contributed by atoms with Gasteiger partial charge in [-0.2, -0.15) is 0 Å². The number of benzene rings is 1. The quantitative estimate of drug-likeness (QED) is 0.709. The molecule has 0 saturated carbocycles. The van der Waals surface area contributed by atoms with E-state index in [9.17, 15) is 0 Å². The van der Waals surface area contributed by atoms with Crippen molar-refractivity contribution < 1.29 is 0 Å². The van der Waals surface area contributed by atoms with Crippen molar-refractivity contribution in [3.05, 3.63) is 33.6 Å². The van der Waals surface area contributed by atoms with E-state index in [-0.39, 0.29) is 0 Å². The van der Waals surface area contributed by atoms with Crippen LogP contribution in [0.15, 0.2) is 17.5 Å². The first-order valence-corrected chi connectivity index (χ1v) is 6.41. The first kappa shape index (κ1) is 10.5. The summed E-state index contributed by atoms with van der Waals surface area (Å²) < 4.78 is 0. The summed E-state index contributed by atoms with van der Waals surface area (Å²) in [7, 11) is 0. The maximum atomic E-state index is 4.59. The topological polar surface area (TPSA) is 41.6 Å². The molecule has 3 rings (SSSR count). The zero-order valence-electron chi connectivity index (χ0n) is 10.0. The minimum absolute atomic E-state index is 0.856. The molecule has 17 heavy (non-hydrogen) atoms. The van der Waals surface area contributed by atoms with Crippen LogP contribution in [0, 0.1) is 20.8 Å². The van der Waals surface area contributed by atoms with E-state index in [2.05, 4.69) is 40.9 Å². The molecule has 2 aromatic heterocycles. The molecule has 4 heteroatoms. The third-order valence-corrected chi connectivity index (χ3v) is 3.73. The maximum absolute atomic E-state index is 4.59. The predicted octanol–water partition coefficient (Wildman–Crippen LogP) is 3.61. The summed E-state index contributed by atoms with van der Waals surface area (Å²) in [6.45, 7) is 6.23. The summed E-state index contributed by atoms with van der Waals surface area (Å²) in [4.78, 5) is 12.4. The van der Waals surface area contributed by atoms with Gasteiger partial charge in [-0.1, -0.05) is 0 Å². The number of nitrogens with one attached hydrogen (secondary N) is 1. The Morgan fingerprint density at radius 3 is 2.53 bits per heavy atom. The fourth-order valence-electron chi connectivity index (χ4n) is 1.86. The molecule has 0 radical (unpaired) electrons. The molecule has 3 nitrogen and oxygen atoms in total. The maximum Gasteiger partial charge on any atom is 0.158 e. The van der Waals surface area contributed by atoms with Crippen LogP contribution in [0.1, 0.15) is 16.1 Å². The van der Waals surface area contributed by atoms with E-state index >= 15 is 0 Å². The number of aryl methyl sites for hydroxylation is 3. The molecule has 0 unspecified atom stereocenters. The average Bonchev–Trinajstić information content (AvgIpc) is 2.85. The second kappa shape index (κ2) is 3.67. The lowest BCUT2D eigenvalue weighted by Crippen LogP contribution is -1.79. The van der Waals surface area contributed by atoms with Crippen LogP contribution in [0.3, 0.4) is 0 Å². The molecule has 86 valence electrons. The zero-order valence-corrected chi connectivity index (χ0v) is 10.9. The zero-order chi connectivity index (χ0) is 12.0. The van der Waals surface area contributed by atoms with Gasteiger partial charge in [-0.05, 0) is 44.0 Å². The summed E-state index contributed by atoms with van der Waals surface area (Å²) in [5, 5.41) is 3.10. The molecule has 1 N–H and O–H groups in total. The number of fused-ring (bicyclic) bond motifs is 1. The van der Waals surface area contributed by atoms with Crippen molar-refractivity contribution in [3.63, 3.8) is 0 Å². The summed E-state index contributed by atoms with van der Waals surface area (Å²) in [6.07, 6.45) is 0. The van der Waals surface area contributed by atoms with Gasteiger partial charge in [0.2, 0.25) is 0 Å². The monoisotopic (exact) mass is 243 g/mol. The third kappa shape index (κ3) is 1.74. The number of nitrogens with zero attached hydrogens (tertiary/aromatic N) is 2. The first-order chi connectivity index (χ1) is 8.13. The van der Waals surface area contributed by atoms with Crippen molar-refractivity contribution in [3.8, 4) is 11.5 Å². The van der Waals surface area contributed by atoms with Gasteiger partial charge in [-0.3, -0.25) is 0 Å². The number of imidazole rings is 1. The van der Waals surface area contributed by atoms with Crippen molar-refractivity contribution in [2.45, 2.75) is 20.8 Å². The lowest BCUT2D eigenvalue weighted by molar-refractivity contribution is 1.23. The van der Waals surface area contributed by atoms with Gasteiger partial charge >= 0.3 is 0 Å². The number of rotatable bonds is 1. The first-order valence-electron chi connectivity index (χ1n) is 5.53. The lowest BCUT2D eigenvalue weighted by atomic mass is 10.1. The van der Waals surface area contributed by atoms with Gasteiger partial charge in [0.25, 0.3) is 0 Å². The predicted molar refractivity (Wildman–Crippen MR) is 71.4 cm³/mol. The van der Waals surface area contributed by atoms with Gasteiger partial charge in [-0.25, -0.2) is 9.97 Å². The van der Waals surface area contributed by atoms with Gasteiger partial charge in [0.15, 0.2) is 5.82 Å². The molecular formula is C13H13N3S. The second-order valence-electron chi connectivity index (χ2n) is 4.29. The highest BCUT2D eigenvalue weighted by Gasteiger charge is 2.08. The smallest absolute Gasteiger partial charge is 0.158 e. The van der Waals surface area contributed by atoms with Gasteiger partial charge in [0.05, 0.1) is 16.0 Å². The number of hydrogen-bond donors (Lipinski definition) is 1. The Morgan fingerprint density at radius 1 is 1.06 bits per heavy atom. The Bertz CT molecular complexity index is 655. The molecule has 0 aliphatic heterocycles. The molecule has 0 spiro atoms. The van der Waals surface area contributed by atoms with Crippen LogP contribution in [0.5, 0.6) is 0 Å². The van der Waals surface area contributed by atoms with Crippen LogP contribution >= 0.6 is 11.3 Å². The van der Waals surface area contributed by atoms with Crippen LogP contribution in [0.25, 0.3) is 22.6 Å². The van der Waals surface area contributed by atoms with Gasteiger partial charge in [-0.15, -0.1) is 11.3 Å². The molecule has 0 fully saturated rings. The van der Waals surface area contributed by atoms with Crippen LogP contribution < -0.4 is 0 Å². The third-order valence-electron chi connectivity index (χ3n) is 2.96. The standard InChI is InChI=1S/C13H13N3S/c1-7-4-10-11(5-8(7)2)16-13(15-10)12-6-17-9(3)14-12/h4-6H,1-3H3,(H,15,16). The van der Waals surface area contributed by atoms with Crippen LogP contribution in [0.2, 0.25) is 0 Å². The summed E-state index contributed by atoms with van der Waals surface area (Å²) in [5.41, 5.74) is 5.56. The average molecular weight is 243 g/mol. The summed E-state index contributed by atoms with van der Waals surface area (Å²) in [6, 6.07) is 4.25. The summed E-state index contributed by atoms with van der Waals surface area (Å²) in [5.74, 6) is 0.856. The van der Waals surface area contributed by atoms with E-state index in [1.807, 2.05) is 12.3 Å². The Balaban J connectivity index is 2.19. The Labute approximate surface area is 104 Å². The Hall–Kier alpha value is -1.68. The SMILES string of the molecule is Cc1nc(-c2nc3cc(C)c(C)cc3[nH]2)cs1. The second-order valence-corrected chi connectivity index (χ2v) is 5.35. The Morgan fingerprint density at radius 2 is 1.82 bits per heavy atom. The number of aromatic amines is 1.